The molecule has 0 radical (unpaired) electrons. The first-order valence-corrected chi connectivity index (χ1v) is 8.61. The third kappa shape index (κ3) is 4.44. The van der Waals surface area contributed by atoms with Crippen LogP contribution in [0.4, 0.5) is 0 Å². The van der Waals surface area contributed by atoms with Gasteiger partial charge in [0.25, 0.3) is 5.91 Å². The molecule has 3 aromatic rings. The summed E-state index contributed by atoms with van der Waals surface area (Å²) in [5, 5.41) is 4.80. The molecule has 3 rings (SSSR count). The summed E-state index contributed by atoms with van der Waals surface area (Å²) in [4.78, 5) is 24.8. The number of esters is 1. The van der Waals surface area contributed by atoms with Crippen LogP contribution < -0.4 is 10.1 Å². The van der Waals surface area contributed by atoms with Crippen LogP contribution in [0.2, 0.25) is 0 Å². The predicted octanol–water partition coefficient (Wildman–Crippen LogP) is 3.36. The molecule has 138 valence electrons. The molecule has 0 bridgehead atoms. The van der Waals surface area contributed by atoms with E-state index in [-0.39, 0.29) is 5.91 Å². The summed E-state index contributed by atoms with van der Waals surface area (Å²) in [7, 11) is 2.90. The lowest BCUT2D eigenvalue weighted by Crippen LogP contribution is -2.43. The molecule has 5 heteroatoms. The van der Waals surface area contributed by atoms with Crippen LogP contribution in [-0.4, -0.2) is 32.1 Å². The van der Waals surface area contributed by atoms with E-state index in [0.29, 0.717) is 12.0 Å². The quantitative estimate of drug-likeness (QED) is 0.682. The van der Waals surface area contributed by atoms with Gasteiger partial charge >= 0.3 is 5.97 Å². The van der Waals surface area contributed by atoms with E-state index in [0.717, 1.165) is 22.1 Å². The molecule has 1 N–H and O–H groups in total. The van der Waals surface area contributed by atoms with Crippen LogP contribution in [0.15, 0.2) is 66.7 Å². The topological polar surface area (TPSA) is 64.6 Å². The number of benzene rings is 3. The number of rotatable bonds is 6. The number of ether oxygens (including phenoxy) is 2. The fourth-order valence-corrected chi connectivity index (χ4v) is 2.91. The third-order valence-electron chi connectivity index (χ3n) is 4.40. The second-order valence-electron chi connectivity index (χ2n) is 6.16. The van der Waals surface area contributed by atoms with Gasteiger partial charge in [-0.3, -0.25) is 4.79 Å². The standard InChI is InChI=1S/C22H21NO4/c1-26-19-11-7-15(8-12-19)13-20(22(25)27-2)23-21(24)18-10-9-16-5-3-4-6-17(16)14-18/h3-12,14,20H,13H2,1-2H3,(H,23,24). The van der Waals surface area contributed by atoms with E-state index < -0.39 is 12.0 Å². The van der Waals surface area contributed by atoms with Crippen LogP contribution in [0, 0.1) is 0 Å². The van der Waals surface area contributed by atoms with Crippen molar-refractivity contribution in [2.24, 2.45) is 0 Å². The highest BCUT2D eigenvalue weighted by Crippen LogP contribution is 2.17. The van der Waals surface area contributed by atoms with Gasteiger partial charge in [-0.15, -0.1) is 0 Å². The molecule has 5 nitrogen and oxygen atoms in total. The first-order chi connectivity index (χ1) is 13.1. The van der Waals surface area contributed by atoms with Crippen LogP contribution in [0.25, 0.3) is 10.8 Å². The summed E-state index contributed by atoms with van der Waals surface area (Å²) < 4.78 is 10.00. The first kappa shape index (κ1) is 18.5. The molecule has 1 atom stereocenters. The molecular formula is C22H21NO4. The number of hydrogen-bond donors (Lipinski definition) is 1. The monoisotopic (exact) mass is 363 g/mol. The maximum Gasteiger partial charge on any atom is 0.328 e. The lowest BCUT2D eigenvalue weighted by Gasteiger charge is -2.17. The lowest BCUT2D eigenvalue weighted by molar-refractivity contribution is -0.142. The first-order valence-electron chi connectivity index (χ1n) is 8.61. The minimum atomic E-state index is -0.776. The van der Waals surface area contributed by atoms with Crippen LogP contribution >= 0.6 is 0 Å². The Hall–Kier alpha value is -3.34. The molecule has 0 saturated heterocycles. The van der Waals surface area contributed by atoms with Crippen molar-refractivity contribution in [2.75, 3.05) is 14.2 Å². The molecule has 0 aliphatic heterocycles. The van der Waals surface area contributed by atoms with Gasteiger partial charge in [-0.05, 0) is 40.6 Å². The van der Waals surface area contributed by atoms with Crippen molar-refractivity contribution in [3.63, 3.8) is 0 Å². The number of methoxy groups -OCH3 is 2. The summed E-state index contributed by atoms with van der Waals surface area (Å²) >= 11 is 0. The van der Waals surface area contributed by atoms with E-state index in [4.69, 9.17) is 9.47 Å². The Labute approximate surface area is 157 Å². The molecule has 1 amide bonds. The van der Waals surface area contributed by atoms with E-state index in [1.165, 1.54) is 7.11 Å². The highest BCUT2D eigenvalue weighted by molar-refractivity contribution is 6.00. The van der Waals surface area contributed by atoms with Gasteiger partial charge in [-0.2, -0.15) is 0 Å². The zero-order chi connectivity index (χ0) is 19.2. The number of fused-ring (bicyclic) bond motifs is 1. The Morgan fingerprint density at radius 2 is 1.63 bits per heavy atom. The summed E-state index contributed by atoms with van der Waals surface area (Å²) in [5.41, 5.74) is 1.39. The summed E-state index contributed by atoms with van der Waals surface area (Å²) in [6, 6.07) is 19.8. The van der Waals surface area contributed by atoms with Gasteiger partial charge in [-0.25, -0.2) is 4.79 Å². The van der Waals surface area contributed by atoms with Crippen molar-refractivity contribution in [2.45, 2.75) is 12.5 Å². The maximum absolute atomic E-state index is 12.7. The van der Waals surface area contributed by atoms with Crippen molar-refractivity contribution in [1.82, 2.24) is 5.32 Å². The van der Waals surface area contributed by atoms with Crippen LogP contribution in [0.3, 0.4) is 0 Å². The average molecular weight is 363 g/mol. The predicted molar refractivity (Wildman–Crippen MR) is 104 cm³/mol. The van der Waals surface area contributed by atoms with E-state index in [1.807, 2.05) is 60.7 Å². The summed E-state index contributed by atoms with van der Waals surface area (Å²) in [6.45, 7) is 0. The number of hydrogen-bond acceptors (Lipinski definition) is 4. The van der Waals surface area contributed by atoms with E-state index >= 15 is 0 Å². The molecule has 0 heterocycles. The van der Waals surface area contributed by atoms with Crippen molar-refractivity contribution in [3.8, 4) is 5.75 Å². The van der Waals surface area contributed by atoms with E-state index in [1.54, 1.807) is 13.2 Å². The van der Waals surface area contributed by atoms with E-state index in [2.05, 4.69) is 5.32 Å². The number of carbonyl (C=O) groups is 2. The van der Waals surface area contributed by atoms with Gasteiger partial charge in [0.15, 0.2) is 0 Å². The number of amides is 1. The SMILES string of the molecule is COC(=O)C(Cc1ccc(OC)cc1)NC(=O)c1ccc2ccccc2c1. The average Bonchev–Trinajstić information content (AvgIpc) is 2.72. The molecular weight excluding hydrogens is 342 g/mol. The summed E-state index contributed by atoms with van der Waals surface area (Å²) in [6.07, 6.45) is 0.329. The molecule has 0 fully saturated rings. The minimum absolute atomic E-state index is 0.315. The van der Waals surface area contributed by atoms with Gasteiger partial charge in [0.05, 0.1) is 14.2 Å². The van der Waals surface area contributed by atoms with Crippen LogP contribution in [0.5, 0.6) is 5.75 Å². The molecule has 0 aliphatic carbocycles. The largest absolute Gasteiger partial charge is 0.497 e. The highest BCUT2D eigenvalue weighted by atomic mass is 16.5. The molecule has 0 aromatic heterocycles. The van der Waals surface area contributed by atoms with Crippen LogP contribution in [0.1, 0.15) is 15.9 Å². The molecule has 0 saturated carbocycles. The fraction of sp³-hybridized carbons (Fsp3) is 0.182. The normalized spacial score (nSPS) is 11.6. The Morgan fingerprint density at radius 1 is 0.926 bits per heavy atom. The number of nitrogens with one attached hydrogen (secondary N) is 1. The zero-order valence-electron chi connectivity index (χ0n) is 15.3. The van der Waals surface area contributed by atoms with Gasteiger partial charge in [0.2, 0.25) is 0 Å². The molecule has 0 spiro atoms. The third-order valence-corrected chi connectivity index (χ3v) is 4.40. The number of carbonyl (C=O) groups excluding carboxylic acids is 2. The van der Waals surface area contributed by atoms with Crippen molar-refractivity contribution >= 4 is 22.6 Å². The summed E-state index contributed by atoms with van der Waals surface area (Å²) in [5.74, 6) is -0.0711. The van der Waals surface area contributed by atoms with Gasteiger partial charge in [-0.1, -0.05) is 42.5 Å². The Morgan fingerprint density at radius 3 is 2.30 bits per heavy atom. The molecule has 0 aliphatic rings. The van der Waals surface area contributed by atoms with Gasteiger partial charge < -0.3 is 14.8 Å². The van der Waals surface area contributed by atoms with Gasteiger partial charge in [0, 0.05) is 12.0 Å². The molecule has 27 heavy (non-hydrogen) atoms. The Balaban J connectivity index is 1.77. The molecule has 3 aromatic carbocycles. The van der Waals surface area contributed by atoms with E-state index in [9.17, 15) is 9.59 Å². The second kappa shape index (κ2) is 8.36. The minimum Gasteiger partial charge on any atom is -0.497 e. The van der Waals surface area contributed by atoms with Crippen LogP contribution in [-0.2, 0) is 16.0 Å². The Bertz CT molecular complexity index is 950. The molecule has 1 unspecified atom stereocenters. The van der Waals surface area contributed by atoms with Crippen molar-refractivity contribution < 1.29 is 19.1 Å². The second-order valence-corrected chi connectivity index (χ2v) is 6.16. The smallest absolute Gasteiger partial charge is 0.328 e. The lowest BCUT2D eigenvalue weighted by atomic mass is 10.0. The van der Waals surface area contributed by atoms with Gasteiger partial charge in [0.1, 0.15) is 11.8 Å². The fourth-order valence-electron chi connectivity index (χ4n) is 2.91. The Kier molecular flexibility index (Phi) is 5.71. The highest BCUT2D eigenvalue weighted by Gasteiger charge is 2.22. The van der Waals surface area contributed by atoms with Crippen molar-refractivity contribution in [1.29, 1.82) is 0 Å². The zero-order valence-corrected chi connectivity index (χ0v) is 15.3. The maximum atomic E-state index is 12.7. The van der Waals surface area contributed by atoms with Crippen molar-refractivity contribution in [3.05, 3.63) is 77.9 Å².